The standard InChI is InChI=1S/C15H10ClNO7/c16-9-5-8-7(3-14(21)23-11(8)6-10(9)18)4-15(22)24-17-12(19)1-2-13(17)20/h3,5-6,18H,1-2,4H2. The van der Waals surface area contributed by atoms with Gasteiger partial charge in [-0.1, -0.05) is 11.6 Å². The lowest BCUT2D eigenvalue weighted by atomic mass is 10.1. The van der Waals surface area contributed by atoms with Gasteiger partial charge in [0.2, 0.25) is 0 Å². The highest BCUT2D eigenvalue weighted by Crippen LogP contribution is 2.30. The molecule has 2 heterocycles. The van der Waals surface area contributed by atoms with Gasteiger partial charge in [-0.25, -0.2) is 9.59 Å². The molecule has 124 valence electrons. The average Bonchev–Trinajstić information content (AvgIpc) is 2.81. The Morgan fingerprint density at radius 2 is 1.88 bits per heavy atom. The van der Waals surface area contributed by atoms with Crippen LogP contribution in [-0.2, 0) is 25.6 Å². The molecule has 9 heteroatoms. The van der Waals surface area contributed by atoms with E-state index in [0.29, 0.717) is 10.4 Å². The fourth-order valence-corrected chi connectivity index (χ4v) is 2.49. The van der Waals surface area contributed by atoms with Crippen LogP contribution in [-0.4, -0.2) is 28.0 Å². The Kier molecular flexibility index (Phi) is 3.98. The van der Waals surface area contributed by atoms with Gasteiger partial charge in [0, 0.05) is 30.4 Å². The summed E-state index contributed by atoms with van der Waals surface area (Å²) in [5, 5.41) is 10.3. The van der Waals surface area contributed by atoms with E-state index in [1.54, 1.807) is 0 Å². The van der Waals surface area contributed by atoms with Crippen LogP contribution in [0.15, 0.2) is 27.4 Å². The van der Waals surface area contributed by atoms with Gasteiger partial charge in [-0.05, 0) is 11.6 Å². The van der Waals surface area contributed by atoms with E-state index in [9.17, 15) is 24.3 Å². The van der Waals surface area contributed by atoms with Crippen LogP contribution in [0.3, 0.4) is 0 Å². The van der Waals surface area contributed by atoms with Crippen LogP contribution >= 0.6 is 11.6 Å². The summed E-state index contributed by atoms with van der Waals surface area (Å²) < 4.78 is 4.94. The zero-order valence-electron chi connectivity index (χ0n) is 12.1. The summed E-state index contributed by atoms with van der Waals surface area (Å²) in [5.74, 6) is -2.37. The molecular formula is C15H10ClNO7. The molecule has 1 fully saturated rings. The maximum Gasteiger partial charge on any atom is 0.337 e. The summed E-state index contributed by atoms with van der Waals surface area (Å²) >= 11 is 5.83. The van der Waals surface area contributed by atoms with Gasteiger partial charge in [0.25, 0.3) is 11.8 Å². The van der Waals surface area contributed by atoms with Gasteiger partial charge >= 0.3 is 11.6 Å². The quantitative estimate of drug-likeness (QED) is 0.654. The van der Waals surface area contributed by atoms with E-state index in [2.05, 4.69) is 0 Å². The minimum atomic E-state index is -0.894. The second-order valence-corrected chi connectivity index (χ2v) is 5.52. The molecule has 0 atom stereocenters. The van der Waals surface area contributed by atoms with E-state index >= 15 is 0 Å². The Bertz CT molecular complexity index is 917. The molecule has 0 unspecified atom stereocenters. The van der Waals surface area contributed by atoms with Gasteiger partial charge in [0.1, 0.15) is 11.3 Å². The molecule has 3 rings (SSSR count). The summed E-state index contributed by atoms with van der Waals surface area (Å²) in [5.41, 5.74) is -0.465. The lowest BCUT2D eigenvalue weighted by Gasteiger charge is -2.13. The van der Waals surface area contributed by atoms with Crippen LogP contribution in [0.1, 0.15) is 18.4 Å². The molecule has 1 aromatic carbocycles. The van der Waals surface area contributed by atoms with Gasteiger partial charge in [-0.15, -0.1) is 5.06 Å². The summed E-state index contributed by atoms with van der Waals surface area (Å²) in [7, 11) is 0. The third kappa shape index (κ3) is 2.95. The first kappa shape index (κ1) is 16.0. The molecule has 0 spiro atoms. The molecule has 8 nitrogen and oxygen atoms in total. The summed E-state index contributed by atoms with van der Waals surface area (Å²) in [6, 6.07) is 3.57. The van der Waals surface area contributed by atoms with Crippen LogP contribution in [0, 0.1) is 0 Å². The monoisotopic (exact) mass is 351 g/mol. The van der Waals surface area contributed by atoms with Crippen LogP contribution in [0.2, 0.25) is 5.02 Å². The van der Waals surface area contributed by atoms with Crippen LogP contribution < -0.4 is 5.63 Å². The zero-order valence-corrected chi connectivity index (χ0v) is 12.8. The van der Waals surface area contributed by atoms with Gasteiger partial charge in [-0.2, -0.15) is 0 Å². The molecule has 2 aromatic rings. The molecule has 24 heavy (non-hydrogen) atoms. The number of carbonyl (C=O) groups is 3. The van der Waals surface area contributed by atoms with Crippen molar-refractivity contribution in [1.29, 1.82) is 0 Å². The lowest BCUT2D eigenvalue weighted by Crippen LogP contribution is -2.32. The Hall–Kier alpha value is -2.87. The number of halogens is 1. The molecule has 0 aliphatic carbocycles. The predicted octanol–water partition coefficient (Wildman–Crippen LogP) is 1.30. The molecule has 0 bridgehead atoms. The summed E-state index contributed by atoms with van der Waals surface area (Å²) in [6.45, 7) is 0. The lowest BCUT2D eigenvalue weighted by molar-refractivity contribution is -0.197. The largest absolute Gasteiger partial charge is 0.506 e. The molecule has 1 saturated heterocycles. The van der Waals surface area contributed by atoms with Crippen molar-refractivity contribution < 1.29 is 28.7 Å². The number of imide groups is 1. The number of nitrogens with zero attached hydrogens (tertiary/aromatic N) is 1. The van der Waals surface area contributed by atoms with E-state index in [0.717, 1.165) is 12.1 Å². The fraction of sp³-hybridized carbons (Fsp3) is 0.200. The summed E-state index contributed by atoms with van der Waals surface area (Å²) in [6.07, 6.45) is -0.419. The van der Waals surface area contributed by atoms with E-state index in [-0.39, 0.29) is 41.2 Å². The number of benzene rings is 1. The number of hydrogen-bond acceptors (Lipinski definition) is 7. The number of rotatable bonds is 3. The number of carbonyl (C=O) groups excluding carboxylic acids is 3. The first-order chi connectivity index (χ1) is 11.3. The molecular weight excluding hydrogens is 342 g/mol. The zero-order chi connectivity index (χ0) is 17.4. The average molecular weight is 352 g/mol. The second kappa shape index (κ2) is 5.97. The maximum absolute atomic E-state index is 12.0. The fourth-order valence-electron chi connectivity index (χ4n) is 2.33. The SMILES string of the molecule is O=C(Cc1cc(=O)oc2cc(O)c(Cl)cc12)ON1C(=O)CCC1=O. The van der Waals surface area contributed by atoms with Crippen LogP contribution in [0.4, 0.5) is 0 Å². The molecule has 2 amide bonds. The van der Waals surface area contributed by atoms with Crippen molar-refractivity contribution >= 4 is 40.4 Å². The van der Waals surface area contributed by atoms with Crippen molar-refractivity contribution in [2.45, 2.75) is 19.3 Å². The van der Waals surface area contributed by atoms with Gasteiger partial charge < -0.3 is 14.4 Å². The highest BCUT2D eigenvalue weighted by Gasteiger charge is 2.33. The van der Waals surface area contributed by atoms with Gasteiger partial charge in [0.05, 0.1) is 11.4 Å². The Balaban J connectivity index is 1.90. The van der Waals surface area contributed by atoms with Gasteiger partial charge in [0.15, 0.2) is 0 Å². The topological polar surface area (TPSA) is 114 Å². The molecule has 1 aromatic heterocycles. The van der Waals surface area contributed by atoms with Crippen LogP contribution in [0.5, 0.6) is 5.75 Å². The smallest absolute Gasteiger partial charge is 0.337 e. The molecule has 0 saturated carbocycles. The number of hydrogen-bond donors (Lipinski definition) is 1. The van der Waals surface area contributed by atoms with Crippen LogP contribution in [0.25, 0.3) is 11.0 Å². The van der Waals surface area contributed by atoms with Crippen molar-refractivity contribution in [3.63, 3.8) is 0 Å². The minimum Gasteiger partial charge on any atom is -0.506 e. The molecule has 0 radical (unpaired) electrons. The van der Waals surface area contributed by atoms with Crippen molar-refractivity contribution in [3.8, 4) is 5.75 Å². The normalized spacial score (nSPS) is 14.5. The minimum absolute atomic E-state index is 0.0101. The third-order valence-electron chi connectivity index (χ3n) is 3.43. The Morgan fingerprint density at radius 3 is 2.54 bits per heavy atom. The predicted molar refractivity (Wildman–Crippen MR) is 80.0 cm³/mol. The van der Waals surface area contributed by atoms with Crippen molar-refractivity contribution in [2.24, 2.45) is 0 Å². The van der Waals surface area contributed by atoms with Crippen molar-refractivity contribution in [3.05, 3.63) is 39.2 Å². The molecule has 1 N–H and O–H groups in total. The van der Waals surface area contributed by atoms with Gasteiger partial charge in [-0.3, -0.25) is 9.59 Å². The summed E-state index contributed by atoms with van der Waals surface area (Å²) in [4.78, 5) is 51.2. The number of amides is 2. The number of aromatic hydroxyl groups is 1. The Morgan fingerprint density at radius 1 is 1.21 bits per heavy atom. The Labute approximate surface area is 139 Å². The number of fused-ring (bicyclic) bond motifs is 1. The van der Waals surface area contributed by atoms with E-state index < -0.39 is 23.4 Å². The molecule has 1 aliphatic heterocycles. The van der Waals surface area contributed by atoms with Crippen molar-refractivity contribution in [2.75, 3.05) is 0 Å². The second-order valence-electron chi connectivity index (χ2n) is 5.11. The number of phenolic OH excluding ortho intramolecular Hbond substituents is 1. The number of hydroxylamine groups is 2. The van der Waals surface area contributed by atoms with Crippen molar-refractivity contribution in [1.82, 2.24) is 5.06 Å². The van der Waals surface area contributed by atoms with E-state index in [4.69, 9.17) is 20.9 Å². The first-order valence-electron chi connectivity index (χ1n) is 6.87. The van der Waals surface area contributed by atoms with E-state index in [1.165, 1.54) is 6.07 Å². The highest BCUT2D eigenvalue weighted by atomic mass is 35.5. The third-order valence-corrected chi connectivity index (χ3v) is 3.73. The maximum atomic E-state index is 12.0. The first-order valence-corrected chi connectivity index (χ1v) is 7.25. The highest BCUT2D eigenvalue weighted by molar-refractivity contribution is 6.32. The van der Waals surface area contributed by atoms with E-state index in [1.807, 2.05) is 0 Å². The molecule has 1 aliphatic rings. The number of phenols is 1.